The van der Waals surface area contributed by atoms with Crippen molar-refractivity contribution in [1.82, 2.24) is 4.90 Å². The molecular formula is C13H16Cl2N2O. The predicted octanol–water partition coefficient (Wildman–Crippen LogP) is 2.69. The SMILES string of the molecule is NC(=O)C1CCN(Cc2cc(Cl)cc(Cl)c2)CC1. The van der Waals surface area contributed by atoms with Crippen molar-refractivity contribution >= 4 is 29.1 Å². The van der Waals surface area contributed by atoms with Gasteiger partial charge in [-0.1, -0.05) is 23.2 Å². The first-order valence-electron chi connectivity index (χ1n) is 6.01. The predicted molar refractivity (Wildman–Crippen MR) is 73.7 cm³/mol. The maximum absolute atomic E-state index is 11.1. The zero-order chi connectivity index (χ0) is 13.1. The number of hydrogen-bond acceptors (Lipinski definition) is 2. The van der Waals surface area contributed by atoms with Crippen LogP contribution in [0.2, 0.25) is 10.0 Å². The molecule has 0 spiro atoms. The molecule has 98 valence electrons. The van der Waals surface area contributed by atoms with Crippen molar-refractivity contribution < 1.29 is 4.79 Å². The molecule has 0 bridgehead atoms. The van der Waals surface area contributed by atoms with Crippen LogP contribution in [0.5, 0.6) is 0 Å². The van der Waals surface area contributed by atoms with Crippen LogP contribution in [-0.2, 0) is 11.3 Å². The molecule has 1 aliphatic heterocycles. The fourth-order valence-corrected chi connectivity index (χ4v) is 2.91. The van der Waals surface area contributed by atoms with Crippen molar-refractivity contribution in [3.05, 3.63) is 33.8 Å². The summed E-state index contributed by atoms with van der Waals surface area (Å²) in [6, 6.07) is 5.58. The molecule has 0 atom stereocenters. The maximum Gasteiger partial charge on any atom is 0.220 e. The van der Waals surface area contributed by atoms with E-state index in [2.05, 4.69) is 4.90 Å². The molecule has 1 amide bonds. The van der Waals surface area contributed by atoms with Crippen LogP contribution in [0.15, 0.2) is 18.2 Å². The number of rotatable bonds is 3. The van der Waals surface area contributed by atoms with Crippen LogP contribution >= 0.6 is 23.2 Å². The van der Waals surface area contributed by atoms with E-state index in [9.17, 15) is 4.79 Å². The number of carbonyl (C=O) groups excluding carboxylic acids is 1. The number of nitrogens with zero attached hydrogens (tertiary/aromatic N) is 1. The molecule has 1 aromatic carbocycles. The van der Waals surface area contributed by atoms with Crippen LogP contribution < -0.4 is 5.73 Å². The van der Waals surface area contributed by atoms with Gasteiger partial charge in [0.15, 0.2) is 0 Å². The molecule has 0 aromatic heterocycles. The third-order valence-electron chi connectivity index (χ3n) is 3.32. The van der Waals surface area contributed by atoms with Gasteiger partial charge in [0.25, 0.3) is 0 Å². The van der Waals surface area contributed by atoms with Gasteiger partial charge in [0, 0.05) is 22.5 Å². The number of amides is 1. The highest BCUT2D eigenvalue weighted by atomic mass is 35.5. The molecule has 0 aliphatic carbocycles. The van der Waals surface area contributed by atoms with E-state index < -0.39 is 0 Å². The summed E-state index contributed by atoms with van der Waals surface area (Å²) in [7, 11) is 0. The van der Waals surface area contributed by atoms with E-state index in [1.807, 2.05) is 12.1 Å². The second kappa shape index (κ2) is 5.91. The molecule has 2 rings (SSSR count). The van der Waals surface area contributed by atoms with Crippen molar-refractivity contribution in [3.63, 3.8) is 0 Å². The molecule has 18 heavy (non-hydrogen) atoms. The van der Waals surface area contributed by atoms with E-state index in [-0.39, 0.29) is 11.8 Å². The van der Waals surface area contributed by atoms with Gasteiger partial charge in [0.2, 0.25) is 5.91 Å². The Labute approximate surface area is 117 Å². The monoisotopic (exact) mass is 286 g/mol. The standard InChI is InChI=1S/C13H16Cl2N2O/c14-11-5-9(6-12(15)7-11)8-17-3-1-10(2-4-17)13(16)18/h5-7,10H,1-4,8H2,(H2,16,18). The zero-order valence-electron chi connectivity index (χ0n) is 10.0. The largest absolute Gasteiger partial charge is 0.369 e. The quantitative estimate of drug-likeness (QED) is 0.929. The van der Waals surface area contributed by atoms with Crippen LogP contribution in [0.25, 0.3) is 0 Å². The third-order valence-corrected chi connectivity index (χ3v) is 3.75. The summed E-state index contributed by atoms with van der Waals surface area (Å²) in [5, 5.41) is 1.31. The fourth-order valence-electron chi connectivity index (χ4n) is 2.34. The lowest BCUT2D eigenvalue weighted by atomic mass is 9.96. The number of halogens is 2. The van der Waals surface area contributed by atoms with Gasteiger partial charge in [-0.25, -0.2) is 0 Å². The van der Waals surface area contributed by atoms with E-state index in [0.29, 0.717) is 10.0 Å². The number of carbonyl (C=O) groups is 1. The van der Waals surface area contributed by atoms with Crippen molar-refractivity contribution in [2.24, 2.45) is 11.7 Å². The van der Waals surface area contributed by atoms with E-state index in [1.54, 1.807) is 6.07 Å². The third kappa shape index (κ3) is 3.61. The number of hydrogen-bond donors (Lipinski definition) is 1. The molecule has 1 saturated heterocycles. The van der Waals surface area contributed by atoms with E-state index in [0.717, 1.165) is 38.0 Å². The summed E-state index contributed by atoms with van der Waals surface area (Å²) in [5.41, 5.74) is 6.41. The lowest BCUT2D eigenvalue weighted by Crippen LogP contribution is -2.38. The second-order valence-corrected chi connectivity index (χ2v) is 5.60. The molecule has 0 unspecified atom stereocenters. The molecule has 5 heteroatoms. The van der Waals surface area contributed by atoms with Gasteiger partial charge in [-0.15, -0.1) is 0 Å². The van der Waals surface area contributed by atoms with E-state index in [4.69, 9.17) is 28.9 Å². The van der Waals surface area contributed by atoms with Crippen LogP contribution in [0.3, 0.4) is 0 Å². The lowest BCUT2D eigenvalue weighted by Gasteiger charge is -2.30. The molecule has 3 nitrogen and oxygen atoms in total. The summed E-state index contributed by atoms with van der Waals surface area (Å²) in [6.07, 6.45) is 1.67. The highest BCUT2D eigenvalue weighted by Gasteiger charge is 2.22. The first kappa shape index (κ1) is 13.7. The Balaban J connectivity index is 1.93. The van der Waals surface area contributed by atoms with Gasteiger partial charge in [-0.2, -0.15) is 0 Å². The molecule has 0 radical (unpaired) electrons. The van der Waals surface area contributed by atoms with Gasteiger partial charge in [0.05, 0.1) is 0 Å². The number of piperidine rings is 1. The Hall–Kier alpha value is -0.770. The Morgan fingerprint density at radius 3 is 2.28 bits per heavy atom. The molecule has 1 aromatic rings. The average molecular weight is 287 g/mol. The summed E-state index contributed by atoms with van der Waals surface area (Å²) in [6.45, 7) is 2.58. The number of nitrogens with two attached hydrogens (primary N) is 1. The Morgan fingerprint density at radius 1 is 1.22 bits per heavy atom. The van der Waals surface area contributed by atoms with Crippen LogP contribution in [0.4, 0.5) is 0 Å². The van der Waals surface area contributed by atoms with Gasteiger partial charge < -0.3 is 5.73 Å². The number of benzene rings is 1. The molecule has 2 N–H and O–H groups in total. The van der Waals surface area contributed by atoms with Gasteiger partial charge in [-0.05, 0) is 49.7 Å². The molecule has 1 heterocycles. The molecular weight excluding hydrogens is 271 g/mol. The van der Waals surface area contributed by atoms with Crippen LogP contribution in [-0.4, -0.2) is 23.9 Å². The highest BCUT2D eigenvalue weighted by Crippen LogP contribution is 2.22. The minimum absolute atomic E-state index is 0.0317. The summed E-state index contributed by atoms with van der Waals surface area (Å²) >= 11 is 11.9. The first-order valence-corrected chi connectivity index (χ1v) is 6.77. The van der Waals surface area contributed by atoms with E-state index >= 15 is 0 Å². The summed E-state index contributed by atoms with van der Waals surface area (Å²) < 4.78 is 0. The van der Waals surface area contributed by atoms with Gasteiger partial charge >= 0.3 is 0 Å². The molecule has 1 aliphatic rings. The van der Waals surface area contributed by atoms with Crippen molar-refractivity contribution in [2.75, 3.05) is 13.1 Å². The second-order valence-electron chi connectivity index (χ2n) is 4.73. The Bertz CT molecular complexity index is 422. The summed E-state index contributed by atoms with van der Waals surface area (Å²) in [5.74, 6) is -0.148. The maximum atomic E-state index is 11.1. The number of primary amides is 1. The van der Waals surface area contributed by atoms with Crippen molar-refractivity contribution in [2.45, 2.75) is 19.4 Å². The normalized spacial score (nSPS) is 17.9. The average Bonchev–Trinajstić information content (AvgIpc) is 2.28. The topological polar surface area (TPSA) is 46.3 Å². The van der Waals surface area contributed by atoms with Crippen LogP contribution in [0, 0.1) is 5.92 Å². The van der Waals surface area contributed by atoms with E-state index in [1.165, 1.54) is 0 Å². The Morgan fingerprint density at radius 2 is 1.78 bits per heavy atom. The minimum atomic E-state index is -0.180. The smallest absolute Gasteiger partial charge is 0.220 e. The fraction of sp³-hybridized carbons (Fsp3) is 0.462. The van der Waals surface area contributed by atoms with Gasteiger partial charge in [0.1, 0.15) is 0 Å². The van der Waals surface area contributed by atoms with Crippen LogP contribution in [0.1, 0.15) is 18.4 Å². The summed E-state index contributed by atoms with van der Waals surface area (Å²) in [4.78, 5) is 13.4. The highest BCUT2D eigenvalue weighted by molar-refractivity contribution is 6.34. The van der Waals surface area contributed by atoms with Crippen molar-refractivity contribution in [3.8, 4) is 0 Å². The Kier molecular flexibility index (Phi) is 4.49. The number of likely N-dealkylation sites (tertiary alicyclic amines) is 1. The molecule has 0 saturated carbocycles. The lowest BCUT2D eigenvalue weighted by molar-refractivity contribution is -0.123. The van der Waals surface area contributed by atoms with Gasteiger partial charge in [-0.3, -0.25) is 9.69 Å². The first-order chi connectivity index (χ1) is 8.54. The minimum Gasteiger partial charge on any atom is -0.369 e. The zero-order valence-corrected chi connectivity index (χ0v) is 11.5. The molecule has 1 fully saturated rings. The van der Waals surface area contributed by atoms with Crippen molar-refractivity contribution in [1.29, 1.82) is 0 Å².